The van der Waals surface area contributed by atoms with Crippen LogP contribution < -0.4 is 5.32 Å². The number of amides is 2. The Kier molecular flexibility index (Phi) is 6.30. The Morgan fingerprint density at radius 1 is 1.10 bits per heavy atom. The van der Waals surface area contributed by atoms with Gasteiger partial charge < -0.3 is 14.6 Å². The van der Waals surface area contributed by atoms with Crippen molar-refractivity contribution in [1.82, 2.24) is 19.5 Å². The molecule has 10 nitrogen and oxygen atoms in total. The van der Waals surface area contributed by atoms with Crippen molar-refractivity contribution in [2.75, 3.05) is 13.1 Å². The quantitative estimate of drug-likeness (QED) is 0.517. The number of pyridine rings is 1. The molecule has 2 amide bonds. The lowest BCUT2D eigenvalue weighted by atomic mass is 9.80. The fraction of sp³-hybridized carbons (Fsp3) is 0.429. The number of hydrogen-bond donors (Lipinski definition) is 1. The van der Waals surface area contributed by atoms with Crippen molar-refractivity contribution in [3.05, 3.63) is 60.1 Å². The molecule has 1 aromatic carbocycles. The van der Waals surface area contributed by atoms with E-state index in [1.807, 2.05) is 25.1 Å². The number of rotatable bonds is 5. The number of nitrogens with zero attached hydrogens (tertiary/aromatic N) is 3. The van der Waals surface area contributed by atoms with E-state index in [9.17, 15) is 22.8 Å². The molecule has 39 heavy (non-hydrogen) atoms. The fourth-order valence-electron chi connectivity index (χ4n) is 6.44. The molecule has 2 saturated heterocycles. The maximum Gasteiger partial charge on any atom is 0.288 e. The van der Waals surface area contributed by atoms with Crippen molar-refractivity contribution in [3.63, 3.8) is 0 Å². The van der Waals surface area contributed by atoms with Gasteiger partial charge in [0.25, 0.3) is 5.91 Å². The topological polar surface area (TPSA) is 130 Å². The molecule has 11 heteroatoms. The van der Waals surface area contributed by atoms with Crippen molar-refractivity contribution in [2.45, 2.75) is 68.0 Å². The summed E-state index contributed by atoms with van der Waals surface area (Å²) >= 11 is 0. The Morgan fingerprint density at radius 2 is 1.87 bits per heavy atom. The monoisotopic (exact) mass is 550 g/mol. The van der Waals surface area contributed by atoms with Crippen LogP contribution in [0.5, 0.6) is 0 Å². The highest BCUT2D eigenvalue weighted by Crippen LogP contribution is 2.38. The number of furan rings is 1. The number of carbonyl (C=O) groups excluding carboxylic acids is 3. The third kappa shape index (κ3) is 4.15. The van der Waals surface area contributed by atoms with Crippen LogP contribution in [-0.4, -0.2) is 70.9 Å². The van der Waals surface area contributed by atoms with Crippen LogP contribution in [0.15, 0.2) is 58.1 Å². The van der Waals surface area contributed by atoms with E-state index in [0.717, 1.165) is 24.6 Å². The van der Waals surface area contributed by atoms with E-state index in [1.54, 1.807) is 6.07 Å². The largest absolute Gasteiger partial charge is 0.451 e. The van der Waals surface area contributed by atoms with Crippen LogP contribution >= 0.6 is 0 Å². The third-order valence-electron chi connectivity index (χ3n) is 8.40. The normalized spacial score (nSPS) is 23.2. The Hall–Kier alpha value is -3.57. The number of sulfonamides is 1. The molecular formula is C28H30N4O6S. The molecule has 204 valence electrons. The summed E-state index contributed by atoms with van der Waals surface area (Å²) in [6.45, 7) is 1.75. The van der Waals surface area contributed by atoms with Gasteiger partial charge in [-0.3, -0.25) is 19.4 Å². The molecule has 1 aliphatic carbocycles. The molecule has 3 fully saturated rings. The molecule has 1 saturated carbocycles. The molecule has 6 rings (SSSR count). The number of benzene rings is 1. The minimum atomic E-state index is -3.96. The zero-order valence-corrected chi connectivity index (χ0v) is 22.4. The number of hydrogen-bond acceptors (Lipinski definition) is 7. The molecule has 1 N–H and O–H groups in total. The van der Waals surface area contributed by atoms with E-state index in [0.29, 0.717) is 30.4 Å². The first-order chi connectivity index (χ1) is 18.7. The van der Waals surface area contributed by atoms with Crippen LogP contribution in [0.4, 0.5) is 0 Å². The summed E-state index contributed by atoms with van der Waals surface area (Å²) < 4.78 is 33.7. The number of para-hydroxylation sites is 1. The van der Waals surface area contributed by atoms with Gasteiger partial charge in [-0.05, 0) is 44.4 Å². The Bertz CT molecular complexity index is 1560. The van der Waals surface area contributed by atoms with Gasteiger partial charge in [0.05, 0.1) is 12.6 Å². The van der Waals surface area contributed by atoms with Gasteiger partial charge in [0.1, 0.15) is 22.1 Å². The average Bonchev–Trinajstić information content (AvgIpc) is 3.63. The van der Waals surface area contributed by atoms with E-state index in [1.165, 1.54) is 33.7 Å². The lowest BCUT2D eigenvalue weighted by Crippen LogP contribution is -2.62. The van der Waals surface area contributed by atoms with Crippen LogP contribution in [-0.2, 0) is 19.6 Å². The van der Waals surface area contributed by atoms with Gasteiger partial charge in [-0.25, -0.2) is 8.42 Å². The second kappa shape index (κ2) is 9.56. The minimum Gasteiger partial charge on any atom is -0.451 e. The average molecular weight is 551 g/mol. The van der Waals surface area contributed by atoms with Crippen LogP contribution in [0.2, 0.25) is 0 Å². The zero-order valence-electron chi connectivity index (χ0n) is 21.6. The van der Waals surface area contributed by atoms with Crippen LogP contribution in [0.1, 0.15) is 54.6 Å². The molecule has 0 radical (unpaired) electrons. The Morgan fingerprint density at radius 3 is 2.59 bits per heavy atom. The van der Waals surface area contributed by atoms with Crippen LogP contribution in [0.25, 0.3) is 11.0 Å². The first-order valence-electron chi connectivity index (χ1n) is 13.3. The van der Waals surface area contributed by atoms with Gasteiger partial charge in [0.2, 0.25) is 15.9 Å². The number of likely N-dealkylation sites (tertiary alicyclic amines) is 1. The number of fused-ring (bicyclic) bond motifs is 2. The van der Waals surface area contributed by atoms with Crippen LogP contribution in [0.3, 0.4) is 0 Å². The van der Waals surface area contributed by atoms with Crippen molar-refractivity contribution in [1.29, 1.82) is 0 Å². The van der Waals surface area contributed by atoms with E-state index in [2.05, 4.69) is 10.3 Å². The van der Waals surface area contributed by atoms with Crippen molar-refractivity contribution >= 4 is 38.6 Å². The summed E-state index contributed by atoms with van der Waals surface area (Å²) in [6.07, 6.45) is 6.42. The molecule has 3 aromatic rings. The molecule has 2 aliphatic heterocycles. The maximum absolute atomic E-state index is 14.2. The number of Topliss-reactive ketones (excluding diaryl/α,β-unsaturated/α-hetero) is 1. The molecular weight excluding hydrogens is 520 g/mol. The minimum absolute atomic E-state index is 0.0143. The van der Waals surface area contributed by atoms with Gasteiger partial charge >= 0.3 is 0 Å². The van der Waals surface area contributed by atoms with E-state index < -0.39 is 33.6 Å². The molecule has 2 unspecified atom stereocenters. The highest BCUT2D eigenvalue weighted by molar-refractivity contribution is 7.89. The fourth-order valence-corrected chi connectivity index (χ4v) is 8.03. The molecule has 2 aromatic heterocycles. The van der Waals surface area contributed by atoms with Crippen LogP contribution in [0, 0.1) is 6.92 Å². The molecule has 2 atom stereocenters. The predicted molar refractivity (Wildman–Crippen MR) is 141 cm³/mol. The molecule has 0 spiro atoms. The summed E-state index contributed by atoms with van der Waals surface area (Å²) in [5, 5.41) is 3.85. The van der Waals surface area contributed by atoms with Gasteiger partial charge in [-0.15, -0.1) is 0 Å². The standard InChI is InChI=1S/C28H30N4O6S/c1-18-20-9-3-4-10-23(20)38-25(18)26(34)30-28(12-5-2-6-13-28)27(35)31-15-11-21-24(31)22(33)17-32(21)39(36,37)19-8-7-14-29-16-19/h3-4,7-10,14,16,21,24H,2,5-6,11-13,15,17H2,1H3,(H,30,34). The number of ketones is 1. The van der Waals surface area contributed by atoms with Gasteiger partial charge in [0.15, 0.2) is 11.5 Å². The number of aryl methyl sites for hydroxylation is 1. The third-order valence-corrected chi connectivity index (χ3v) is 10.3. The van der Waals surface area contributed by atoms with E-state index in [4.69, 9.17) is 4.42 Å². The highest BCUT2D eigenvalue weighted by Gasteiger charge is 2.57. The summed E-state index contributed by atoms with van der Waals surface area (Å²) in [6, 6.07) is 8.83. The van der Waals surface area contributed by atoms with Crippen molar-refractivity contribution < 1.29 is 27.2 Å². The Labute approximate surface area is 226 Å². The molecule has 3 aliphatic rings. The first kappa shape index (κ1) is 25.7. The molecule has 4 heterocycles. The Balaban J connectivity index is 1.28. The van der Waals surface area contributed by atoms with E-state index >= 15 is 0 Å². The van der Waals surface area contributed by atoms with Crippen molar-refractivity contribution in [3.8, 4) is 0 Å². The van der Waals surface area contributed by atoms with Crippen molar-refractivity contribution in [2.24, 2.45) is 0 Å². The predicted octanol–water partition coefficient (Wildman–Crippen LogP) is 2.81. The SMILES string of the molecule is Cc1c(C(=O)NC2(C(=O)N3CCC4C3C(=O)CN4S(=O)(=O)c3cccnc3)CCCCC2)oc2ccccc12. The van der Waals surface area contributed by atoms with Gasteiger partial charge in [0, 0.05) is 29.9 Å². The summed E-state index contributed by atoms with van der Waals surface area (Å²) in [5.74, 6) is -0.943. The van der Waals surface area contributed by atoms with Gasteiger partial charge in [-0.2, -0.15) is 4.31 Å². The molecule has 0 bridgehead atoms. The zero-order chi connectivity index (χ0) is 27.4. The lowest BCUT2D eigenvalue weighted by Gasteiger charge is -2.40. The number of nitrogens with one attached hydrogen (secondary N) is 1. The second-order valence-corrected chi connectivity index (χ2v) is 12.5. The summed E-state index contributed by atoms with van der Waals surface area (Å²) in [4.78, 5) is 46.4. The van der Waals surface area contributed by atoms with Gasteiger partial charge in [-0.1, -0.05) is 37.5 Å². The summed E-state index contributed by atoms with van der Waals surface area (Å²) in [5.41, 5.74) is 0.106. The number of aromatic nitrogens is 1. The summed E-state index contributed by atoms with van der Waals surface area (Å²) in [7, 11) is -3.96. The second-order valence-electron chi connectivity index (χ2n) is 10.7. The first-order valence-corrected chi connectivity index (χ1v) is 14.7. The lowest BCUT2D eigenvalue weighted by molar-refractivity contribution is -0.143. The number of carbonyl (C=O) groups is 3. The maximum atomic E-state index is 14.2. The smallest absolute Gasteiger partial charge is 0.288 e. The van der Waals surface area contributed by atoms with E-state index in [-0.39, 0.29) is 35.4 Å². The highest BCUT2D eigenvalue weighted by atomic mass is 32.2.